The summed E-state index contributed by atoms with van der Waals surface area (Å²) in [5.41, 5.74) is -3.76. The molecule has 1 aliphatic heterocycles. The predicted octanol–water partition coefficient (Wildman–Crippen LogP) is 1.84. The Morgan fingerprint density at radius 2 is 1.46 bits per heavy atom. The maximum Gasteiger partial charge on any atom is 0.372 e. The number of halogens is 7. The second-order valence-corrected chi connectivity index (χ2v) is 6.01. The van der Waals surface area contributed by atoms with E-state index in [9.17, 15) is 35.5 Å². The van der Waals surface area contributed by atoms with Crippen LogP contribution in [0.2, 0.25) is 0 Å². The highest BCUT2D eigenvalue weighted by atomic mass is 19.3. The Labute approximate surface area is 133 Å². The number of carbonyl (C=O) groups is 1. The summed E-state index contributed by atoms with van der Waals surface area (Å²) in [6.07, 6.45) is -4.57. The molecule has 1 aliphatic carbocycles. The summed E-state index contributed by atoms with van der Waals surface area (Å²) in [6.45, 7) is 2.03. The normalized spacial score (nSPS) is 28.3. The summed E-state index contributed by atoms with van der Waals surface area (Å²) < 4.78 is 98.6. The first-order valence-electron chi connectivity index (χ1n) is 7.32. The Bertz CT molecular complexity index is 461. The van der Waals surface area contributed by atoms with Crippen molar-refractivity contribution in [2.45, 2.75) is 36.3 Å². The van der Waals surface area contributed by atoms with Crippen LogP contribution in [-0.2, 0) is 9.53 Å². The molecule has 0 spiro atoms. The quantitative estimate of drug-likeness (QED) is 0.773. The van der Waals surface area contributed by atoms with Crippen molar-refractivity contribution in [1.29, 1.82) is 0 Å². The number of nitrogens with zero attached hydrogens (tertiary/aromatic N) is 1. The average Bonchev–Trinajstić information content (AvgIpc) is 2.45. The van der Waals surface area contributed by atoms with Crippen LogP contribution in [0.1, 0.15) is 12.8 Å². The van der Waals surface area contributed by atoms with E-state index in [1.807, 2.05) is 10.2 Å². The van der Waals surface area contributed by atoms with E-state index in [4.69, 9.17) is 4.74 Å². The molecule has 24 heavy (non-hydrogen) atoms. The standard InChI is InChI=1S/C13H17F7N2O2/c14-10(7-11(15,16)13(19,20)12(17,18)8-10)9(23)21-1-2-22-3-5-24-6-4-22/h1-8H2,(H,21,23). The third kappa shape index (κ3) is 3.46. The van der Waals surface area contributed by atoms with Gasteiger partial charge in [0.05, 0.1) is 26.1 Å². The number of rotatable bonds is 4. The van der Waals surface area contributed by atoms with Crippen LogP contribution >= 0.6 is 0 Å². The van der Waals surface area contributed by atoms with Gasteiger partial charge in [-0.05, 0) is 0 Å². The Kier molecular flexibility index (Phi) is 5.06. The molecule has 2 fully saturated rings. The van der Waals surface area contributed by atoms with Crippen molar-refractivity contribution in [3.05, 3.63) is 0 Å². The summed E-state index contributed by atoms with van der Waals surface area (Å²) in [5, 5.41) is 1.94. The molecule has 1 saturated heterocycles. The first-order valence-corrected chi connectivity index (χ1v) is 7.32. The molecule has 0 aromatic carbocycles. The molecule has 1 amide bonds. The van der Waals surface area contributed by atoms with Crippen molar-refractivity contribution in [2.75, 3.05) is 39.4 Å². The number of ether oxygens (including phenoxy) is 1. The second-order valence-electron chi connectivity index (χ2n) is 6.01. The van der Waals surface area contributed by atoms with Gasteiger partial charge in [-0.3, -0.25) is 9.69 Å². The second kappa shape index (κ2) is 6.32. The highest BCUT2D eigenvalue weighted by Crippen LogP contribution is 2.57. The summed E-state index contributed by atoms with van der Waals surface area (Å²) in [7, 11) is 0. The first kappa shape index (κ1) is 19.2. The third-order valence-corrected chi connectivity index (χ3v) is 4.15. The Hall–Kier alpha value is -1.10. The minimum absolute atomic E-state index is 0.183. The van der Waals surface area contributed by atoms with E-state index >= 15 is 0 Å². The van der Waals surface area contributed by atoms with E-state index in [0.29, 0.717) is 26.3 Å². The topological polar surface area (TPSA) is 41.6 Å². The number of alkyl halides is 7. The lowest BCUT2D eigenvalue weighted by molar-refractivity contribution is -0.345. The number of morpholine rings is 1. The first-order chi connectivity index (χ1) is 10.9. The van der Waals surface area contributed by atoms with Crippen molar-refractivity contribution < 1.29 is 40.3 Å². The maximum atomic E-state index is 14.3. The molecule has 0 unspecified atom stereocenters. The Morgan fingerprint density at radius 3 is 1.96 bits per heavy atom. The highest BCUT2D eigenvalue weighted by Gasteiger charge is 2.79. The highest BCUT2D eigenvalue weighted by molar-refractivity contribution is 5.85. The minimum Gasteiger partial charge on any atom is -0.379 e. The summed E-state index contributed by atoms with van der Waals surface area (Å²) in [4.78, 5) is 13.5. The molecule has 4 nitrogen and oxygen atoms in total. The molecule has 1 saturated carbocycles. The molecule has 1 heterocycles. The molecule has 140 valence electrons. The van der Waals surface area contributed by atoms with Crippen molar-refractivity contribution >= 4 is 5.91 Å². The van der Waals surface area contributed by atoms with Crippen LogP contribution in [0, 0.1) is 0 Å². The molecular formula is C13H17F7N2O2. The summed E-state index contributed by atoms with van der Waals surface area (Å²) >= 11 is 0. The fourth-order valence-electron chi connectivity index (χ4n) is 2.73. The number of nitrogens with one attached hydrogen (secondary N) is 1. The Balaban J connectivity index is 1.97. The number of amides is 1. The van der Waals surface area contributed by atoms with Crippen LogP contribution < -0.4 is 5.32 Å². The fraction of sp³-hybridized carbons (Fsp3) is 0.923. The molecule has 2 rings (SSSR count). The minimum atomic E-state index is -5.70. The lowest BCUT2D eigenvalue weighted by Gasteiger charge is -2.43. The lowest BCUT2D eigenvalue weighted by atomic mass is 9.78. The third-order valence-electron chi connectivity index (χ3n) is 4.15. The fourth-order valence-corrected chi connectivity index (χ4v) is 2.73. The van der Waals surface area contributed by atoms with E-state index in [-0.39, 0.29) is 13.1 Å². The predicted molar refractivity (Wildman–Crippen MR) is 68.2 cm³/mol. The van der Waals surface area contributed by atoms with Gasteiger partial charge in [0, 0.05) is 26.2 Å². The van der Waals surface area contributed by atoms with Gasteiger partial charge in [-0.25, -0.2) is 4.39 Å². The van der Waals surface area contributed by atoms with Gasteiger partial charge in [0.25, 0.3) is 5.91 Å². The van der Waals surface area contributed by atoms with E-state index < -0.39 is 42.2 Å². The van der Waals surface area contributed by atoms with Crippen molar-refractivity contribution in [3.8, 4) is 0 Å². The molecule has 0 atom stereocenters. The van der Waals surface area contributed by atoms with Crippen LogP contribution in [0.5, 0.6) is 0 Å². The molecule has 11 heteroatoms. The SMILES string of the molecule is O=C(NCCN1CCOCC1)C1(F)CC(F)(F)C(F)(F)C(F)(F)C1. The van der Waals surface area contributed by atoms with Gasteiger partial charge in [0.15, 0.2) is 0 Å². The molecular weight excluding hydrogens is 349 g/mol. The van der Waals surface area contributed by atoms with Crippen LogP contribution in [0.25, 0.3) is 0 Å². The van der Waals surface area contributed by atoms with Gasteiger partial charge < -0.3 is 10.1 Å². The van der Waals surface area contributed by atoms with E-state index in [0.717, 1.165) is 0 Å². The Morgan fingerprint density at radius 1 is 0.958 bits per heavy atom. The number of hydrogen-bond donors (Lipinski definition) is 1. The summed E-state index contributed by atoms with van der Waals surface area (Å²) in [6, 6.07) is 0. The van der Waals surface area contributed by atoms with Gasteiger partial charge in [-0.2, -0.15) is 26.3 Å². The zero-order valence-electron chi connectivity index (χ0n) is 12.6. The molecule has 1 N–H and O–H groups in total. The molecule has 0 radical (unpaired) electrons. The average molecular weight is 366 g/mol. The molecule has 0 aromatic heterocycles. The van der Waals surface area contributed by atoms with Crippen LogP contribution in [0.3, 0.4) is 0 Å². The van der Waals surface area contributed by atoms with Gasteiger partial charge in [-0.1, -0.05) is 0 Å². The largest absolute Gasteiger partial charge is 0.379 e. The van der Waals surface area contributed by atoms with Crippen LogP contribution in [0.15, 0.2) is 0 Å². The van der Waals surface area contributed by atoms with E-state index in [2.05, 4.69) is 0 Å². The zero-order valence-corrected chi connectivity index (χ0v) is 12.6. The monoisotopic (exact) mass is 366 g/mol. The number of hydrogen-bond acceptors (Lipinski definition) is 3. The molecule has 0 aromatic rings. The lowest BCUT2D eigenvalue weighted by Crippen LogP contribution is -2.66. The molecule has 2 aliphatic rings. The van der Waals surface area contributed by atoms with E-state index in [1.54, 1.807) is 0 Å². The van der Waals surface area contributed by atoms with E-state index in [1.165, 1.54) is 0 Å². The van der Waals surface area contributed by atoms with Gasteiger partial charge in [0.1, 0.15) is 0 Å². The van der Waals surface area contributed by atoms with Crippen LogP contribution in [0.4, 0.5) is 30.7 Å². The van der Waals surface area contributed by atoms with Gasteiger partial charge >= 0.3 is 17.8 Å². The van der Waals surface area contributed by atoms with Crippen molar-refractivity contribution in [1.82, 2.24) is 10.2 Å². The zero-order chi connectivity index (χ0) is 18.2. The summed E-state index contributed by atoms with van der Waals surface area (Å²) in [5.74, 6) is -18.1. The smallest absolute Gasteiger partial charge is 0.372 e. The van der Waals surface area contributed by atoms with Crippen molar-refractivity contribution in [2.24, 2.45) is 0 Å². The maximum absolute atomic E-state index is 14.3. The van der Waals surface area contributed by atoms with Gasteiger partial charge in [-0.15, -0.1) is 0 Å². The molecule has 0 bridgehead atoms. The van der Waals surface area contributed by atoms with Crippen LogP contribution in [-0.4, -0.2) is 73.6 Å². The van der Waals surface area contributed by atoms with Crippen molar-refractivity contribution in [3.63, 3.8) is 0 Å². The van der Waals surface area contributed by atoms with Gasteiger partial charge in [0.2, 0.25) is 5.67 Å². The number of carbonyl (C=O) groups excluding carboxylic acids is 1.